The van der Waals surface area contributed by atoms with E-state index in [1.54, 1.807) is 7.11 Å². The van der Waals surface area contributed by atoms with Crippen LogP contribution < -0.4 is 4.74 Å². The Kier molecular flexibility index (Phi) is 5.35. The predicted molar refractivity (Wildman–Crippen MR) is 83.7 cm³/mol. The molecule has 110 valence electrons. The number of rotatable bonds is 6. The van der Waals surface area contributed by atoms with Crippen molar-refractivity contribution in [3.05, 3.63) is 54.1 Å². The second-order valence-corrected chi connectivity index (χ2v) is 4.54. The summed E-state index contributed by atoms with van der Waals surface area (Å²) in [6.07, 6.45) is 0. The first-order chi connectivity index (χ1) is 10.2. The number of hydrogen-bond donors (Lipinski definition) is 1. The molecule has 0 unspecified atom stereocenters. The molecule has 4 heteroatoms. The fourth-order valence-electron chi connectivity index (χ4n) is 1.92. The molecule has 21 heavy (non-hydrogen) atoms. The van der Waals surface area contributed by atoms with Gasteiger partial charge in [0, 0.05) is 0 Å². The van der Waals surface area contributed by atoms with Gasteiger partial charge in [0.2, 0.25) is 0 Å². The molecule has 4 nitrogen and oxygen atoms in total. The van der Waals surface area contributed by atoms with E-state index in [-0.39, 0.29) is 13.2 Å². The molecule has 1 N–H and O–H groups in total. The highest BCUT2D eigenvalue weighted by molar-refractivity contribution is 5.98. The number of aliphatic hydroxyl groups is 1. The lowest BCUT2D eigenvalue weighted by Gasteiger charge is -2.06. The first-order valence-electron chi connectivity index (χ1n) is 6.77. The highest BCUT2D eigenvalue weighted by Crippen LogP contribution is 2.22. The van der Waals surface area contributed by atoms with Crippen LogP contribution in [0.4, 0.5) is 0 Å². The minimum Gasteiger partial charge on any atom is -0.497 e. The Morgan fingerprint density at radius 2 is 1.57 bits per heavy atom. The SMILES string of the molecule is COc1ccc(-c2ccc(/C(C)=N\OCCO)cc2)cc1. The first kappa shape index (κ1) is 15.1. The second-order valence-electron chi connectivity index (χ2n) is 4.54. The van der Waals surface area contributed by atoms with Crippen molar-refractivity contribution in [1.29, 1.82) is 0 Å². The van der Waals surface area contributed by atoms with E-state index in [2.05, 4.69) is 5.16 Å². The van der Waals surface area contributed by atoms with Gasteiger partial charge < -0.3 is 14.7 Å². The normalized spacial score (nSPS) is 11.3. The Balaban J connectivity index is 2.12. The lowest BCUT2D eigenvalue weighted by molar-refractivity contribution is 0.0986. The van der Waals surface area contributed by atoms with Gasteiger partial charge >= 0.3 is 0 Å². The summed E-state index contributed by atoms with van der Waals surface area (Å²) in [5.74, 6) is 0.847. The molecule has 0 aliphatic carbocycles. The van der Waals surface area contributed by atoms with E-state index in [9.17, 15) is 0 Å². The van der Waals surface area contributed by atoms with E-state index in [1.165, 1.54) is 0 Å². The first-order valence-corrected chi connectivity index (χ1v) is 6.77. The summed E-state index contributed by atoms with van der Waals surface area (Å²) in [4.78, 5) is 4.96. The molecule has 0 saturated heterocycles. The molecular weight excluding hydrogens is 266 g/mol. The molecule has 0 bridgehead atoms. The summed E-state index contributed by atoms with van der Waals surface area (Å²) in [5, 5.41) is 12.6. The lowest BCUT2D eigenvalue weighted by Crippen LogP contribution is -1.99. The number of benzene rings is 2. The molecule has 0 heterocycles. The minimum atomic E-state index is -0.0345. The van der Waals surface area contributed by atoms with E-state index < -0.39 is 0 Å². The summed E-state index contributed by atoms with van der Waals surface area (Å²) < 4.78 is 5.15. The van der Waals surface area contributed by atoms with Gasteiger partial charge in [-0.25, -0.2) is 0 Å². The van der Waals surface area contributed by atoms with Crippen molar-refractivity contribution in [2.45, 2.75) is 6.92 Å². The van der Waals surface area contributed by atoms with Gasteiger partial charge in [-0.05, 0) is 35.7 Å². The Bertz CT molecular complexity index is 588. The number of methoxy groups -OCH3 is 1. The van der Waals surface area contributed by atoms with Crippen molar-refractivity contribution in [2.24, 2.45) is 5.16 Å². The van der Waals surface area contributed by atoms with Gasteiger partial charge in [0.05, 0.1) is 19.4 Å². The molecule has 0 saturated carbocycles. The highest BCUT2D eigenvalue weighted by atomic mass is 16.6. The van der Waals surface area contributed by atoms with Crippen LogP contribution in [0.3, 0.4) is 0 Å². The van der Waals surface area contributed by atoms with Crippen molar-refractivity contribution >= 4 is 5.71 Å². The quantitative estimate of drug-likeness (QED) is 0.504. The molecule has 0 radical (unpaired) electrons. The largest absolute Gasteiger partial charge is 0.497 e. The summed E-state index contributed by atoms with van der Waals surface area (Å²) in [6.45, 7) is 2.05. The smallest absolute Gasteiger partial charge is 0.140 e. The maximum atomic E-state index is 8.65. The third-order valence-corrected chi connectivity index (χ3v) is 3.11. The van der Waals surface area contributed by atoms with Crippen molar-refractivity contribution in [3.8, 4) is 16.9 Å². The maximum absolute atomic E-state index is 8.65. The Morgan fingerprint density at radius 1 is 1.00 bits per heavy atom. The summed E-state index contributed by atoms with van der Waals surface area (Å²) in [5.41, 5.74) is 4.04. The molecular formula is C17H19NO3. The Hall–Kier alpha value is -2.33. The van der Waals surface area contributed by atoms with Crippen LogP contribution in [0.5, 0.6) is 5.75 Å². The molecule has 0 fully saturated rings. The van der Waals surface area contributed by atoms with Crippen LogP contribution in [0.1, 0.15) is 12.5 Å². The molecule has 0 spiro atoms. The number of oxime groups is 1. The Labute approximate surface area is 124 Å². The fourth-order valence-corrected chi connectivity index (χ4v) is 1.92. The van der Waals surface area contributed by atoms with E-state index in [4.69, 9.17) is 14.7 Å². The molecule has 0 aliphatic rings. The molecule has 2 rings (SSSR count). The summed E-state index contributed by atoms with van der Waals surface area (Å²) in [6, 6.07) is 16.0. The fraction of sp³-hybridized carbons (Fsp3) is 0.235. The summed E-state index contributed by atoms with van der Waals surface area (Å²) >= 11 is 0. The average molecular weight is 285 g/mol. The maximum Gasteiger partial charge on any atom is 0.140 e. The average Bonchev–Trinajstić information content (AvgIpc) is 2.55. The number of hydrogen-bond acceptors (Lipinski definition) is 4. The Morgan fingerprint density at radius 3 is 2.10 bits per heavy atom. The van der Waals surface area contributed by atoms with E-state index in [1.807, 2.05) is 55.5 Å². The van der Waals surface area contributed by atoms with E-state index in [0.29, 0.717) is 0 Å². The van der Waals surface area contributed by atoms with E-state index >= 15 is 0 Å². The highest BCUT2D eigenvalue weighted by Gasteiger charge is 2.01. The molecule has 0 amide bonds. The molecule has 0 aromatic heterocycles. The van der Waals surface area contributed by atoms with Gasteiger partial charge in [-0.15, -0.1) is 0 Å². The monoisotopic (exact) mass is 285 g/mol. The van der Waals surface area contributed by atoms with Crippen LogP contribution in [0, 0.1) is 0 Å². The van der Waals surface area contributed by atoms with Crippen molar-refractivity contribution in [1.82, 2.24) is 0 Å². The van der Waals surface area contributed by atoms with Crippen LogP contribution in [0.2, 0.25) is 0 Å². The van der Waals surface area contributed by atoms with E-state index in [0.717, 1.165) is 28.2 Å². The minimum absolute atomic E-state index is 0.0345. The van der Waals surface area contributed by atoms with Crippen LogP contribution in [-0.4, -0.2) is 31.1 Å². The van der Waals surface area contributed by atoms with Crippen molar-refractivity contribution in [3.63, 3.8) is 0 Å². The van der Waals surface area contributed by atoms with Crippen molar-refractivity contribution in [2.75, 3.05) is 20.3 Å². The standard InChI is InChI=1S/C17H19NO3/c1-13(18-21-12-11-19)14-3-5-15(6-4-14)16-7-9-17(20-2)10-8-16/h3-10,19H,11-12H2,1-2H3/b18-13-. The van der Waals surface area contributed by atoms with Gasteiger partial charge in [0.15, 0.2) is 0 Å². The van der Waals surface area contributed by atoms with Crippen molar-refractivity contribution < 1.29 is 14.7 Å². The van der Waals surface area contributed by atoms with Gasteiger partial charge in [-0.1, -0.05) is 41.6 Å². The second kappa shape index (κ2) is 7.45. The van der Waals surface area contributed by atoms with Crippen LogP contribution >= 0.6 is 0 Å². The number of nitrogens with zero attached hydrogens (tertiary/aromatic N) is 1. The van der Waals surface area contributed by atoms with Gasteiger partial charge in [-0.3, -0.25) is 0 Å². The topological polar surface area (TPSA) is 51.0 Å². The zero-order chi connectivity index (χ0) is 15.1. The molecule has 2 aromatic rings. The van der Waals surface area contributed by atoms with Gasteiger partial charge in [-0.2, -0.15) is 0 Å². The zero-order valence-corrected chi connectivity index (χ0v) is 12.2. The van der Waals surface area contributed by atoms with Crippen LogP contribution in [0.15, 0.2) is 53.7 Å². The predicted octanol–water partition coefficient (Wildman–Crippen LogP) is 3.10. The van der Waals surface area contributed by atoms with Crippen LogP contribution in [-0.2, 0) is 4.84 Å². The molecule has 2 aromatic carbocycles. The number of ether oxygens (including phenoxy) is 1. The zero-order valence-electron chi connectivity index (χ0n) is 12.2. The summed E-state index contributed by atoms with van der Waals surface area (Å²) in [7, 11) is 1.66. The lowest BCUT2D eigenvalue weighted by atomic mass is 10.0. The van der Waals surface area contributed by atoms with Gasteiger partial charge in [0.25, 0.3) is 0 Å². The van der Waals surface area contributed by atoms with Crippen LogP contribution in [0.25, 0.3) is 11.1 Å². The third kappa shape index (κ3) is 4.07. The third-order valence-electron chi connectivity index (χ3n) is 3.11. The molecule has 0 aliphatic heterocycles. The number of aliphatic hydroxyl groups excluding tert-OH is 1. The van der Waals surface area contributed by atoms with Gasteiger partial charge in [0.1, 0.15) is 12.4 Å². The molecule has 0 atom stereocenters.